The predicted molar refractivity (Wildman–Crippen MR) is 135 cm³/mol. The van der Waals surface area contributed by atoms with Gasteiger partial charge in [0.2, 0.25) is 5.89 Å². The quantitative estimate of drug-likeness (QED) is 0.273. The van der Waals surface area contributed by atoms with Crippen LogP contribution in [0.3, 0.4) is 0 Å². The van der Waals surface area contributed by atoms with Gasteiger partial charge in [-0.05, 0) is 32.4 Å². The molecule has 1 atom stereocenters. The minimum absolute atomic E-state index is 0. The maximum absolute atomic E-state index is 14.0. The van der Waals surface area contributed by atoms with Crippen LogP contribution in [0.5, 0.6) is 0 Å². The molecule has 4 rings (SSSR count). The number of anilines is 1. The molecular weight excluding hydrogens is 522 g/mol. The van der Waals surface area contributed by atoms with Gasteiger partial charge in [-0.25, -0.2) is 19.4 Å². The molecule has 0 spiro atoms. The summed E-state index contributed by atoms with van der Waals surface area (Å²) < 4.78 is 19.9. The van der Waals surface area contributed by atoms with Crippen LogP contribution in [-0.2, 0) is 6.54 Å². The maximum atomic E-state index is 14.0. The molecule has 0 radical (unpaired) electrons. The third-order valence-corrected chi connectivity index (χ3v) is 5.17. The summed E-state index contributed by atoms with van der Waals surface area (Å²) >= 11 is 0. The van der Waals surface area contributed by atoms with E-state index in [9.17, 15) is 4.39 Å². The molecule has 9 heteroatoms. The summed E-state index contributed by atoms with van der Waals surface area (Å²) in [6.45, 7) is 6.53. The Balaban J connectivity index is 0.00000289. The van der Waals surface area contributed by atoms with Crippen LogP contribution in [-0.4, -0.2) is 41.6 Å². The standard InChI is InChI=1S/C23H27FN6O.HI/c1-3-25-23(29-18-10-12-30(15-18)22-19(24)5-4-11-26-22)28-14-21-27-13-20(31-21)17-8-6-16(2)7-9-17;/h4-9,11,13,18H,3,10,12,14-15H2,1-2H3,(H2,25,28,29);1H. The third-order valence-electron chi connectivity index (χ3n) is 5.17. The number of hydrogen-bond acceptors (Lipinski definition) is 5. The molecule has 170 valence electrons. The lowest BCUT2D eigenvalue weighted by Crippen LogP contribution is -2.44. The Labute approximate surface area is 204 Å². The molecule has 3 aromatic rings. The highest BCUT2D eigenvalue weighted by molar-refractivity contribution is 14.0. The molecule has 0 amide bonds. The van der Waals surface area contributed by atoms with E-state index in [1.54, 1.807) is 18.5 Å². The summed E-state index contributed by atoms with van der Waals surface area (Å²) in [5.41, 5.74) is 2.19. The van der Waals surface area contributed by atoms with Crippen molar-refractivity contribution in [1.29, 1.82) is 0 Å². The monoisotopic (exact) mass is 550 g/mol. The second kappa shape index (κ2) is 11.3. The van der Waals surface area contributed by atoms with Crippen LogP contribution in [0.25, 0.3) is 11.3 Å². The van der Waals surface area contributed by atoms with E-state index in [0.29, 0.717) is 30.8 Å². The first kappa shape index (κ1) is 24.0. The zero-order valence-electron chi connectivity index (χ0n) is 18.2. The van der Waals surface area contributed by atoms with Gasteiger partial charge in [0.05, 0.1) is 6.20 Å². The molecule has 1 unspecified atom stereocenters. The number of nitrogens with one attached hydrogen (secondary N) is 2. The molecule has 1 fully saturated rings. The second-order valence-corrected chi connectivity index (χ2v) is 7.56. The van der Waals surface area contributed by atoms with Crippen LogP contribution in [0.4, 0.5) is 10.2 Å². The average molecular weight is 550 g/mol. The van der Waals surface area contributed by atoms with Crippen LogP contribution >= 0.6 is 24.0 Å². The number of benzene rings is 1. The van der Waals surface area contributed by atoms with E-state index in [1.165, 1.54) is 11.6 Å². The van der Waals surface area contributed by atoms with Crippen molar-refractivity contribution in [3.63, 3.8) is 0 Å². The molecule has 7 nitrogen and oxygen atoms in total. The van der Waals surface area contributed by atoms with Crippen molar-refractivity contribution >= 4 is 35.8 Å². The van der Waals surface area contributed by atoms with Gasteiger partial charge in [-0.2, -0.15) is 0 Å². The van der Waals surface area contributed by atoms with Crippen molar-refractivity contribution in [2.45, 2.75) is 32.9 Å². The van der Waals surface area contributed by atoms with Crippen molar-refractivity contribution in [1.82, 2.24) is 20.6 Å². The first-order chi connectivity index (χ1) is 15.1. The average Bonchev–Trinajstić information content (AvgIpc) is 3.43. The summed E-state index contributed by atoms with van der Waals surface area (Å²) in [5, 5.41) is 6.68. The van der Waals surface area contributed by atoms with Crippen LogP contribution < -0.4 is 15.5 Å². The Bertz CT molecular complexity index is 1040. The number of hydrogen-bond donors (Lipinski definition) is 2. The molecule has 1 saturated heterocycles. The van der Waals surface area contributed by atoms with Gasteiger partial charge in [0.25, 0.3) is 0 Å². The van der Waals surface area contributed by atoms with Gasteiger partial charge in [-0.1, -0.05) is 29.8 Å². The van der Waals surface area contributed by atoms with Crippen molar-refractivity contribution in [3.05, 3.63) is 66.1 Å². The largest absolute Gasteiger partial charge is 0.439 e. The highest BCUT2D eigenvalue weighted by Crippen LogP contribution is 2.22. The van der Waals surface area contributed by atoms with Gasteiger partial charge in [0, 0.05) is 37.4 Å². The fourth-order valence-corrected chi connectivity index (χ4v) is 3.58. The molecular formula is C23H28FIN6O. The fraction of sp³-hybridized carbons (Fsp3) is 0.348. The molecule has 0 saturated carbocycles. The minimum atomic E-state index is -0.294. The lowest BCUT2D eigenvalue weighted by molar-refractivity contribution is 0.508. The van der Waals surface area contributed by atoms with E-state index >= 15 is 0 Å². The van der Waals surface area contributed by atoms with E-state index in [4.69, 9.17) is 4.42 Å². The van der Waals surface area contributed by atoms with E-state index in [0.717, 1.165) is 30.8 Å². The number of pyridine rings is 1. The van der Waals surface area contributed by atoms with E-state index in [-0.39, 0.29) is 35.8 Å². The zero-order valence-corrected chi connectivity index (χ0v) is 20.5. The number of halogens is 2. The molecule has 3 heterocycles. The molecule has 1 aliphatic heterocycles. The zero-order chi connectivity index (χ0) is 21.6. The number of nitrogens with zero attached hydrogens (tertiary/aromatic N) is 4. The van der Waals surface area contributed by atoms with Gasteiger partial charge < -0.3 is 20.0 Å². The number of guanidine groups is 1. The van der Waals surface area contributed by atoms with Crippen molar-refractivity contribution in [3.8, 4) is 11.3 Å². The summed E-state index contributed by atoms with van der Waals surface area (Å²) in [5.74, 6) is 2.07. The third kappa shape index (κ3) is 5.96. The van der Waals surface area contributed by atoms with E-state index in [2.05, 4.69) is 32.5 Å². The summed E-state index contributed by atoms with van der Waals surface area (Å²) in [4.78, 5) is 15.1. The summed E-state index contributed by atoms with van der Waals surface area (Å²) in [6, 6.07) is 11.3. The molecule has 1 aliphatic rings. The predicted octanol–water partition coefficient (Wildman–Crippen LogP) is 4.14. The van der Waals surface area contributed by atoms with Crippen molar-refractivity contribution < 1.29 is 8.81 Å². The maximum Gasteiger partial charge on any atom is 0.216 e. The number of rotatable bonds is 6. The highest BCUT2D eigenvalue weighted by atomic mass is 127. The normalized spacial score (nSPS) is 16.0. The molecule has 2 aromatic heterocycles. The second-order valence-electron chi connectivity index (χ2n) is 7.56. The van der Waals surface area contributed by atoms with Gasteiger partial charge in [-0.15, -0.1) is 24.0 Å². The topological polar surface area (TPSA) is 78.6 Å². The first-order valence-electron chi connectivity index (χ1n) is 10.5. The minimum Gasteiger partial charge on any atom is -0.439 e. The molecule has 1 aromatic carbocycles. The molecule has 0 aliphatic carbocycles. The number of aryl methyl sites for hydroxylation is 1. The fourth-order valence-electron chi connectivity index (χ4n) is 3.58. The Morgan fingerprint density at radius 2 is 2.06 bits per heavy atom. The van der Waals surface area contributed by atoms with Crippen LogP contribution in [0.2, 0.25) is 0 Å². The van der Waals surface area contributed by atoms with Crippen LogP contribution in [0.1, 0.15) is 24.8 Å². The lowest BCUT2D eigenvalue weighted by Gasteiger charge is -2.19. The Morgan fingerprint density at radius 3 is 2.81 bits per heavy atom. The Hall–Kier alpha value is -2.69. The molecule has 32 heavy (non-hydrogen) atoms. The van der Waals surface area contributed by atoms with Gasteiger partial charge in [-0.3, -0.25) is 0 Å². The smallest absolute Gasteiger partial charge is 0.216 e. The number of oxazole rings is 1. The number of aromatic nitrogens is 2. The summed E-state index contributed by atoms with van der Waals surface area (Å²) in [6.07, 6.45) is 4.22. The van der Waals surface area contributed by atoms with Gasteiger partial charge >= 0.3 is 0 Å². The lowest BCUT2D eigenvalue weighted by atomic mass is 10.1. The van der Waals surface area contributed by atoms with Crippen molar-refractivity contribution in [2.75, 3.05) is 24.5 Å². The SMILES string of the molecule is CCNC(=NCc1ncc(-c2ccc(C)cc2)o1)NC1CCN(c2ncccc2F)C1.I. The van der Waals surface area contributed by atoms with Gasteiger partial charge in [0.1, 0.15) is 6.54 Å². The molecule has 2 N–H and O–H groups in total. The van der Waals surface area contributed by atoms with Gasteiger partial charge in [0.15, 0.2) is 23.4 Å². The van der Waals surface area contributed by atoms with E-state index < -0.39 is 0 Å². The Morgan fingerprint density at radius 1 is 1.25 bits per heavy atom. The summed E-state index contributed by atoms with van der Waals surface area (Å²) in [7, 11) is 0. The number of aliphatic imine (C=N–C) groups is 1. The highest BCUT2D eigenvalue weighted by Gasteiger charge is 2.26. The van der Waals surface area contributed by atoms with Crippen LogP contribution in [0, 0.1) is 12.7 Å². The van der Waals surface area contributed by atoms with E-state index in [1.807, 2.05) is 36.1 Å². The first-order valence-corrected chi connectivity index (χ1v) is 10.5. The van der Waals surface area contributed by atoms with Crippen molar-refractivity contribution in [2.24, 2.45) is 4.99 Å². The Kier molecular flexibility index (Phi) is 8.43. The van der Waals surface area contributed by atoms with Crippen LogP contribution in [0.15, 0.2) is 58.2 Å². The molecule has 0 bridgehead atoms.